The number of hydrogen-bond acceptors (Lipinski definition) is 3. The number of rotatable bonds is 4. The summed E-state index contributed by atoms with van der Waals surface area (Å²) < 4.78 is 4.74. The van der Waals surface area contributed by atoms with Crippen molar-refractivity contribution in [1.82, 2.24) is 0 Å². The van der Waals surface area contributed by atoms with Gasteiger partial charge in [-0.15, -0.1) is 0 Å². The van der Waals surface area contributed by atoms with Gasteiger partial charge in [-0.3, -0.25) is 10.7 Å². The van der Waals surface area contributed by atoms with E-state index in [0.717, 1.165) is 0 Å². The molecular formula is C11H13N3O2. The van der Waals surface area contributed by atoms with Gasteiger partial charge in [0.05, 0.1) is 0 Å². The first-order valence-corrected chi connectivity index (χ1v) is 4.62. The smallest absolute Gasteiger partial charge is 0.411 e. The number of nitrogens with one attached hydrogen (secondary N) is 2. The molecule has 1 rings (SSSR count). The number of benzene rings is 1. The minimum absolute atomic E-state index is 0.0132. The van der Waals surface area contributed by atoms with Gasteiger partial charge in [0.15, 0.2) is 0 Å². The van der Waals surface area contributed by atoms with Crippen LogP contribution < -0.4 is 11.1 Å². The van der Waals surface area contributed by atoms with E-state index in [1.54, 1.807) is 24.3 Å². The van der Waals surface area contributed by atoms with Crippen LogP contribution in [0.2, 0.25) is 0 Å². The largest absolute Gasteiger partial charge is 0.445 e. The van der Waals surface area contributed by atoms with Crippen molar-refractivity contribution in [3.63, 3.8) is 0 Å². The van der Waals surface area contributed by atoms with Crippen molar-refractivity contribution in [2.45, 2.75) is 0 Å². The predicted octanol–water partition coefficient (Wildman–Crippen LogP) is 1.71. The number of carbonyl (C=O) groups excluding carboxylic acids is 1. The van der Waals surface area contributed by atoms with Gasteiger partial charge in [0.2, 0.25) is 0 Å². The summed E-state index contributed by atoms with van der Waals surface area (Å²) in [4.78, 5) is 11.1. The van der Waals surface area contributed by atoms with Crippen LogP contribution in [0.15, 0.2) is 36.9 Å². The van der Waals surface area contributed by atoms with E-state index in [9.17, 15) is 4.79 Å². The van der Waals surface area contributed by atoms with Gasteiger partial charge in [0.1, 0.15) is 12.4 Å². The van der Waals surface area contributed by atoms with Gasteiger partial charge in [0, 0.05) is 11.3 Å². The first-order chi connectivity index (χ1) is 7.63. The number of amidine groups is 1. The summed E-state index contributed by atoms with van der Waals surface area (Å²) in [5.74, 6) is -0.0132. The topological polar surface area (TPSA) is 88.2 Å². The number of carbonyl (C=O) groups is 1. The van der Waals surface area contributed by atoms with Crippen molar-refractivity contribution in [2.24, 2.45) is 5.73 Å². The highest BCUT2D eigenvalue weighted by atomic mass is 16.5. The highest BCUT2D eigenvalue weighted by molar-refractivity contribution is 5.95. The summed E-state index contributed by atoms with van der Waals surface area (Å²) in [6.07, 6.45) is 0.939. The summed E-state index contributed by atoms with van der Waals surface area (Å²) in [6, 6.07) is 6.58. The molecule has 0 radical (unpaired) electrons. The molecule has 0 saturated carbocycles. The molecule has 0 atom stereocenters. The average molecular weight is 219 g/mol. The molecule has 1 aromatic carbocycles. The van der Waals surface area contributed by atoms with E-state index >= 15 is 0 Å². The summed E-state index contributed by atoms with van der Waals surface area (Å²) >= 11 is 0. The van der Waals surface area contributed by atoms with Crippen molar-refractivity contribution in [2.75, 3.05) is 11.9 Å². The Morgan fingerprint density at radius 2 is 2.12 bits per heavy atom. The highest BCUT2D eigenvalue weighted by Gasteiger charge is 2.02. The van der Waals surface area contributed by atoms with Gasteiger partial charge in [-0.2, -0.15) is 0 Å². The number of nitrogen functional groups attached to an aromatic ring is 1. The maximum absolute atomic E-state index is 11.1. The molecular weight excluding hydrogens is 206 g/mol. The lowest BCUT2D eigenvalue weighted by Crippen LogP contribution is -2.14. The fraction of sp³-hybridized carbons (Fsp3) is 0.0909. The summed E-state index contributed by atoms with van der Waals surface area (Å²) in [5.41, 5.74) is 6.48. The molecule has 5 heteroatoms. The Hall–Kier alpha value is -2.30. The molecule has 0 aliphatic heterocycles. The zero-order valence-corrected chi connectivity index (χ0v) is 8.69. The zero-order valence-electron chi connectivity index (χ0n) is 8.69. The zero-order chi connectivity index (χ0) is 12.0. The second kappa shape index (κ2) is 5.55. The Balaban J connectivity index is 2.58. The maximum Gasteiger partial charge on any atom is 0.411 e. The fourth-order valence-corrected chi connectivity index (χ4v) is 1.02. The molecule has 0 spiro atoms. The molecule has 0 fully saturated rings. The van der Waals surface area contributed by atoms with Crippen LogP contribution in [-0.4, -0.2) is 18.5 Å². The SMILES string of the molecule is C=CCOC(=O)Nc1ccc(C(=N)N)cc1. The Morgan fingerprint density at radius 1 is 1.50 bits per heavy atom. The molecule has 0 aromatic heterocycles. The monoisotopic (exact) mass is 219 g/mol. The molecule has 1 aromatic rings. The Bertz CT molecular complexity index is 398. The van der Waals surface area contributed by atoms with Gasteiger partial charge >= 0.3 is 6.09 Å². The predicted molar refractivity (Wildman–Crippen MR) is 62.6 cm³/mol. The number of amides is 1. The maximum atomic E-state index is 11.1. The summed E-state index contributed by atoms with van der Waals surface area (Å²) in [6.45, 7) is 3.59. The lowest BCUT2D eigenvalue weighted by atomic mass is 10.2. The lowest BCUT2D eigenvalue weighted by molar-refractivity contribution is 0.174. The molecule has 84 valence electrons. The van der Waals surface area contributed by atoms with Crippen LogP contribution in [0.4, 0.5) is 10.5 Å². The van der Waals surface area contributed by atoms with Gasteiger partial charge < -0.3 is 10.5 Å². The van der Waals surface area contributed by atoms with Crippen LogP contribution in [0.3, 0.4) is 0 Å². The minimum Gasteiger partial charge on any atom is -0.445 e. The molecule has 0 heterocycles. The van der Waals surface area contributed by atoms with E-state index in [-0.39, 0.29) is 12.4 Å². The van der Waals surface area contributed by atoms with Gasteiger partial charge in [-0.05, 0) is 24.3 Å². The standard InChI is InChI=1S/C11H13N3O2/c1-2-7-16-11(15)14-9-5-3-8(4-6-9)10(12)13/h2-6H,1,7H2,(H3,12,13)(H,14,15). The molecule has 0 aliphatic rings. The Kier molecular flexibility index (Phi) is 4.08. The first-order valence-electron chi connectivity index (χ1n) is 4.62. The molecule has 0 unspecified atom stereocenters. The van der Waals surface area contributed by atoms with Crippen molar-refractivity contribution < 1.29 is 9.53 Å². The van der Waals surface area contributed by atoms with Crippen molar-refractivity contribution in [1.29, 1.82) is 5.41 Å². The lowest BCUT2D eigenvalue weighted by Gasteiger charge is -2.05. The quantitative estimate of drug-likeness (QED) is 0.409. The number of nitrogens with two attached hydrogens (primary N) is 1. The van der Waals surface area contributed by atoms with Crippen LogP contribution in [0.25, 0.3) is 0 Å². The van der Waals surface area contributed by atoms with Crippen molar-refractivity contribution in [3.05, 3.63) is 42.5 Å². The van der Waals surface area contributed by atoms with Crippen LogP contribution in [0, 0.1) is 5.41 Å². The van der Waals surface area contributed by atoms with E-state index in [1.807, 2.05) is 0 Å². The van der Waals surface area contributed by atoms with E-state index in [0.29, 0.717) is 11.3 Å². The van der Waals surface area contributed by atoms with E-state index < -0.39 is 6.09 Å². The molecule has 16 heavy (non-hydrogen) atoms. The molecule has 0 aliphatic carbocycles. The van der Waals surface area contributed by atoms with Crippen LogP contribution >= 0.6 is 0 Å². The Morgan fingerprint density at radius 3 is 2.62 bits per heavy atom. The van der Waals surface area contributed by atoms with Crippen LogP contribution in [0.5, 0.6) is 0 Å². The minimum atomic E-state index is -0.546. The van der Waals surface area contributed by atoms with Crippen LogP contribution in [-0.2, 0) is 4.74 Å². The fourth-order valence-electron chi connectivity index (χ4n) is 1.02. The van der Waals surface area contributed by atoms with Crippen molar-refractivity contribution in [3.8, 4) is 0 Å². The van der Waals surface area contributed by atoms with E-state index in [1.165, 1.54) is 6.08 Å². The molecule has 0 bridgehead atoms. The highest BCUT2D eigenvalue weighted by Crippen LogP contribution is 2.09. The summed E-state index contributed by atoms with van der Waals surface area (Å²) in [5, 5.41) is 9.72. The summed E-state index contributed by atoms with van der Waals surface area (Å²) in [7, 11) is 0. The van der Waals surface area contributed by atoms with E-state index in [4.69, 9.17) is 15.9 Å². The number of ether oxygens (including phenoxy) is 1. The molecule has 0 saturated heterocycles. The molecule has 4 N–H and O–H groups in total. The number of hydrogen-bond donors (Lipinski definition) is 3. The molecule has 1 amide bonds. The van der Waals surface area contributed by atoms with Crippen molar-refractivity contribution >= 4 is 17.6 Å². The first kappa shape index (κ1) is 11.8. The second-order valence-corrected chi connectivity index (χ2v) is 3.00. The van der Waals surface area contributed by atoms with Crippen LogP contribution in [0.1, 0.15) is 5.56 Å². The van der Waals surface area contributed by atoms with E-state index in [2.05, 4.69) is 11.9 Å². The number of anilines is 1. The third-order valence-corrected chi connectivity index (χ3v) is 1.77. The Labute approximate surface area is 93.4 Å². The third kappa shape index (κ3) is 3.45. The third-order valence-electron chi connectivity index (χ3n) is 1.77. The van der Waals surface area contributed by atoms with Gasteiger partial charge in [0.25, 0.3) is 0 Å². The normalized spacial score (nSPS) is 9.25. The van der Waals surface area contributed by atoms with Gasteiger partial charge in [-0.25, -0.2) is 4.79 Å². The second-order valence-electron chi connectivity index (χ2n) is 3.00. The average Bonchev–Trinajstić information content (AvgIpc) is 2.27. The molecule has 5 nitrogen and oxygen atoms in total. The van der Waals surface area contributed by atoms with Gasteiger partial charge in [-0.1, -0.05) is 12.7 Å².